The van der Waals surface area contributed by atoms with E-state index in [0.29, 0.717) is 56.5 Å². The van der Waals surface area contributed by atoms with Crippen molar-refractivity contribution < 1.29 is 17.5 Å². The first kappa shape index (κ1) is 19.0. The molecule has 0 radical (unpaired) electrons. The number of hydrogen-bond acceptors (Lipinski definition) is 8. The van der Waals surface area contributed by atoms with Crippen molar-refractivity contribution >= 4 is 21.8 Å². The van der Waals surface area contributed by atoms with Crippen LogP contribution in [0.1, 0.15) is 18.5 Å². The van der Waals surface area contributed by atoms with Gasteiger partial charge in [-0.2, -0.15) is 0 Å². The monoisotopic (exact) mass is 408 g/mol. The standard InChI is InChI=1S/C17H21FN6O3S/c1-28(25,26)23-17(2-3-17)14-9-13(11-10-20-15(19)8-12(11)18)21-16(22-14)24-4-6-27-7-5-24/h8-10,23H,2-7H2,1H3,(H2,19,20). The number of anilines is 2. The maximum absolute atomic E-state index is 14.5. The van der Waals surface area contributed by atoms with Gasteiger partial charge in [0.15, 0.2) is 0 Å². The number of morpholine rings is 1. The molecule has 0 bridgehead atoms. The van der Waals surface area contributed by atoms with E-state index in [9.17, 15) is 12.8 Å². The summed E-state index contributed by atoms with van der Waals surface area (Å²) in [7, 11) is -3.44. The van der Waals surface area contributed by atoms with E-state index >= 15 is 0 Å². The molecule has 0 aromatic carbocycles. The molecule has 1 aliphatic heterocycles. The molecule has 2 aliphatic rings. The van der Waals surface area contributed by atoms with Gasteiger partial charge >= 0.3 is 0 Å². The van der Waals surface area contributed by atoms with Gasteiger partial charge in [0.1, 0.15) is 11.6 Å². The van der Waals surface area contributed by atoms with Gasteiger partial charge in [-0.1, -0.05) is 0 Å². The highest BCUT2D eigenvalue weighted by molar-refractivity contribution is 7.88. The fourth-order valence-corrected chi connectivity index (χ4v) is 4.27. The summed E-state index contributed by atoms with van der Waals surface area (Å²) in [4.78, 5) is 15.0. The minimum atomic E-state index is -3.44. The van der Waals surface area contributed by atoms with Gasteiger partial charge in [-0.15, -0.1) is 0 Å². The number of rotatable bonds is 5. The van der Waals surface area contributed by atoms with Gasteiger partial charge in [0.25, 0.3) is 0 Å². The van der Waals surface area contributed by atoms with Gasteiger partial charge in [-0.05, 0) is 18.9 Å². The molecule has 1 saturated carbocycles. The Labute approximate surface area is 162 Å². The summed E-state index contributed by atoms with van der Waals surface area (Å²) in [6, 6.07) is 2.75. The predicted molar refractivity (Wildman–Crippen MR) is 102 cm³/mol. The Morgan fingerprint density at radius 2 is 1.96 bits per heavy atom. The summed E-state index contributed by atoms with van der Waals surface area (Å²) in [5.74, 6) is -0.0686. The molecule has 0 amide bonds. The van der Waals surface area contributed by atoms with E-state index < -0.39 is 21.4 Å². The highest BCUT2D eigenvalue weighted by Crippen LogP contribution is 2.46. The van der Waals surface area contributed by atoms with Gasteiger partial charge in [0.05, 0.1) is 42.0 Å². The van der Waals surface area contributed by atoms with Gasteiger partial charge in [0, 0.05) is 25.4 Å². The lowest BCUT2D eigenvalue weighted by Gasteiger charge is -2.28. The highest BCUT2D eigenvalue weighted by Gasteiger charge is 2.48. The first-order valence-electron chi connectivity index (χ1n) is 8.88. The maximum Gasteiger partial charge on any atom is 0.226 e. The van der Waals surface area contributed by atoms with Crippen molar-refractivity contribution in [3.8, 4) is 11.3 Å². The Kier molecular flexibility index (Phi) is 4.68. The molecular weight excluding hydrogens is 387 g/mol. The van der Waals surface area contributed by atoms with Crippen molar-refractivity contribution in [2.45, 2.75) is 18.4 Å². The zero-order chi connectivity index (χ0) is 19.9. The maximum atomic E-state index is 14.5. The van der Waals surface area contributed by atoms with E-state index in [4.69, 9.17) is 10.5 Å². The number of aromatic nitrogens is 3. The van der Waals surface area contributed by atoms with Crippen LogP contribution in [0.2, 0.25) is 0 Å². The van der Waals surface area contributed by atoms with Crippen LogP contribution < -0.4 is 15.4 Å². The number of nitrogen functional groups attached to an aromatic ring is 1. The highest BCUT2D eigenvalue weighted by atomic mass is 32.2. The smallest absolute Gasteiger partial charge is 0.226 e. The number of ether oxygens (including phenoxy) is 1. The molecule has 0 unspecified atom stereocenters. The molecule has 1 aliphatic carbocycles. The molecule has 28 heavy (non-hydrogen) atoms. The second-order valence-electron chi connectivity index (χ2n) is 7.08. The molecule has 9 nitrogen and oxygen atoms in total. The van der Waals surface area contributed by atoms with Gasteiger partial charge in [-0.25, -0.2) is 32.5 Å². The van der Waals surface area contributed by atoms with E-state index in [1.165, 1.54) is 6.20 Å². The summed E-state index contributed by atoms with van der Waals surface area (Å²) >= 11 is 0. The van der Waals surface area contributed by atoms with Crippen molar-refractivity contribution in [1.82, 2.24) is 19.7 Å². The molecule has 0 spiro atoms. The number of hydrogen-bond donors (Lipinski definition) is 2. The van der Waals surface area contributed by atoms with Crippen LogP contribution >= 0.6 is 0 Å². The van der Waals surface area contributed by atoms with Crippen LogP contribution in [0.3, 0.4) is 0 Å². The second-order valence-corrected chi connectivity index (χ2v) is 8.83. The van der Waals surface area contributed by atoms with Crippen LogP contribution in [-0.2, 0) is 20.3 Å². The summed E-state index contributed by atoms with van der Waals surface area (Å²) in [5.41, 5.74) is 5.79. The first-order chi connectivity index (χ1) is 13.3. The van der Waals surface area contributed by atoms with Crippen molar-refractivity contribution in [2.24, 2.45) is 0 Å². The van der Waals surface area contributed by atoms with Gasteiger partial charge in [0.2, 0.25) is 16.0 Å². The van der Waals surface area contributed by atoms with E-state index in [2.05, 4.69) is 19.7 Å². The number of nitrogens with two attached hydrogens (primary N) is 1. The molecule has 4 rings (SSSR count). The summed E-state index contributed by atoms with van der Waals surface area (Å²) in [5, 5.41) is 0. The largest absolute Gasteiger partial charge is 0.384 e. The van der Waals surface area contributed by atoms with Crippen LogP contribution in [0.4, 0.5) is 16.2 Å². The Morgan fingerprint density at radius 1 is 1.25 bits per heavy atom. The zero-order valence-corrected chi connectivity index (χ0v) is 16.2. The van der Waals surface area contributed by atoms with Crippen molar-refractivity contribution in [3.63, 3.8) is 0 Å². The molecule has 2 fully saturated rings. The molecule has 0 atom stereocenters. The SMILES string of the molecule is CS(=O)(=O)NC1(c2cc(-c3cnc(N)cc3F)nc(N3CCOCC3)n2)CC1. The molecular formula is C17H21FN6O3S. The summed E-state index contributed by atoms with van der Waals surface area (Å²) < 4.78 is 46.2. The van der Waals surface area contributed by atoms with Crippen molar-refractivity contribution in [3.05, 3.63) is 29.8 Å². The minimum absolute atomic E-state index is 0.0707. The average Bonchev–Trinajstić information content (AvgIpc) is 3.41. The quantitative estimate of drug-likeness (QED) is 0.739. The fraction of sp³-hybridized carbons (Fsp3) is 0.471. The minimum Gasteiger partial charge on any atom is -0.384 e. The van der Waals surface area contributed by atoms with Crippen LogP contribution in [0.15, 0.2) is 18.3 Å². The number of nitrogens with one attached hydrogen (secondary N) is 1. The van der Waals surface area contributed by atoms with Crippen LogP contribution in [0.5, 0.6) is 0 Å². The topological polar surface area (TPSA) is 123 Å². The van der Waals surface area contributed by atoms with E-state index in [0.717, 1.165) is 12.3 Å². The Bertz CT molecular complexity index is 1010. The lowest BCUT2D eigenvalue weighted by molar-refractivity contribution is 0.122. The van der Waals surface area contributed by atoms with Gasteiger partial charge < -0.3 is 15.4 Å². The molecule has 150 valence electrons. The van der Waals surface area contributed by atoms with Crippen LogP contribution in [0.25, 0.3) is 11.3 Å². The van der Waals surface area contributed by atoms with Crippen molar-refractivity contribution in [2.75, 3.05) is 43.2 Å². The van der Waals surface area contributed by atoms with E-state index in [1.54, 1.807) is 6.07 Å². The predicted octanol–water partition coefficient (Wildman–Crippen LogP) is 0.635. The Balaban J connectivity index is 1.82. The van der Waals surface area contributed by atoms with Crippen molar-refractivity contribution in [1.29, 1.82) is 0 Å². The van der Waals surface area contributed by atoms with E-state index in [1.807, 2.05) is 4.90 Å². The Hall–Kier alpha value is -2.37. The average molecular weight is 408 g/mol. The Morgan fingerprint density at radius 3 is 2.57 bits per heavy atom. The number of sulfonamides is 1. The second kappa shape index (κ2) is 6.90. The zero-order valence-electron chi connectivity index (χ0n) is 15.4. The third kappa shape index (κ3) is 3.91. The number of pyridine rings is 1. The molecule has 3 heterocycles. The van der Waals surface area contributed by atoms with E-state index in [-0.39, 0.29) is 11.4 Å². The normalized spacial score (nSPS) is 18.9. The lowest BCUT2D eigenvalue weighted by atomic mass is 10.1. The fourth-order valence-electron chi connectivity index (χ4n) is 3.25. The number of halogens is 1. The molecule has 3 N–H and O–H groups in total. The molecule has 2 aromatic heterocycles. The summed E-state index contributed by atoms with van der Waals surface area (Å²) in [6.07, 6.45) is 3.66. The summed E-state index contributed by atoms with van der Waals surface area (Å²) in [6.45, 7) is 2.26. The van der Waals surface area contributed by atoms with Crippen LogP contribution in [-0.4, -0.2) is 55.9 Å². The number of nitrogens with zero attached hydrogens (tertiary/aromatic N) is 4. The van der Waals surface area contributed by atoms with Crippen LogP contribution in [0, 0.1) is 5.82 Å². The molecule has 2 aromatic rings. The molecule has 11 heteroatoms. The first-order valence-corrected chi connectivity index (χ1v) is 10.8. The third-order valence-electron chi connectivity index (χ3n) is 4.78. The lowest BCUT2D eigenvalue weighted by Crippen LogP contribution is -2.39. The van der Waals surface area contributed by atoms with Gasteiger partial charge in [-0.3, -0.25) is 0 Å². The third-order valence-corrected chi connectivity index (χ3v) is 5.54. The molecule has 1 saturated heterocycles.